The molecule has 0 saturated carbocycles. The van der Waals surface area contributed by atoms with Crippen LogP contribution in [0.1, 0.15) is 6.42 Å². The number of aromatic nitrogens is 6. The highest BCUT2D eigenvalue weighted by atomic mass is 19.3. The number of piperidine rings is 1. The zero-order chi connectivity index (χ0) is 22.6. The summed E-state index contributed by atoms with van der Waals surface area (Å²) in [6.07, 6.45) is 5.59. The first-order chi connectivity index (χ1) is 16.0. The fourth-order valence-electron chi connectivity index (χ4n) is 4.47. The molecule has 0 aromatic carbocycles. The Morgan fingerprint density at radius 3 is 2.73 bits per heavy atom. The predicted octanol–water partition coefficient (Wildman–Crippen LogP) is 2.00. The molecule has 6 rings (SSSR count). The largest absolute Gasteiger partial charge is 0.378 e. The van der Waals surface area contributed by atoms with Crippen molar-refractivity contribution in [1.82, 2.24) is 34.1 Å². The molecule has 2 aliphatic heterocycles. The number of halogens is 2. The Labute approximate surface area is 187 Å². The normalized spacial score (nSPS) is 21.4. The molecule has 0 spiro atoms. The zero-order valence-electron chi connectivity index (χ0n) is 17.9. The van der Waals surface area contributed by atoms with Gasteiger partial charge in [0, 0.05) is 37.6 Å². The molecule has 0 aliphatic carbocycles. The number of rotatable bonds is 5. The van der Waals surface area contributed by atoms with Crippen LogP contribution >= 0.6 is 0 Å². The topological polar surface area (TPSA) is 96.9 Å². The predicted molar refractivity (Wildman–Crippen MR) is 118 cm³/mol. The van der Waals surface area contributed by atoms with Crippen molar-refractivity contribution < 1.29 is 13.5 Å². The molecular formula is C21H23F2N9O. The lowest BCUT2D eigenvalue weighted by molar-refractivity contribution is -0.131. The van der Waals surface area contributed by atoms with Crippen molar-refractivity contribution in [1.29, 1.82) is 0 Å². The molecule has 0 unspecified atom stereocenters. The molecule has 2 N–H and O–H groups in total. The van der Waals surface area contributed by atoms with E-state index in [2.05, 4.69) is 30.8 Å². The van der Waals surface area contributed by atoms with Gasteiger partial charge in [-0.25, -0.2) is 22.8 Å². The lowest BCUT2D eigenvalue weighted by Gasteiger charge is -2.44. The van der Waals surface area contributed by atoms with Gasteiger partial charge in [-0.05, 0) is 18.6 Å². The van der Waals surface area contributed by atoms with Crippen molar-refractivity contribution in [2.24, 2.45) is 0 Å². The number of ether oxygens (including phenoxy) is 1. The van der Waals surface area contributed by atoms with E-state index in [1.807, 2.05) is 29.3 Å². The summed E-state index contributed by atoms with van der Waals surface area (Å²) in [6.45, 7) is 1.34. The number of likely N-dealkylation sites (tertiary alicyclic amines) is 1. The number of fused-ring (bicyclic) bond motifs is 2. The zero-order valence-corrected chi connectivity index (χ0v) is 17.9. The quantitative estimate of drug-likeness (QED) is 0.472. The van der Waals surface area contributed by atoms with Crippen LogP contribution in [-0.4, -0.2) is 85.5 Å². The molecule has 1 atom stereocenters. The van der Waals surface area contributed by atoms with E-state index >= 15 is 0 Å². The summed E-state index contributed by atoms with van der Waals surface area (Å²) in [5, 5.41) is 14.6. The summed E-state index contributed by atoms with van der Waals surface area (Å²) in [4.78, 5) is 11.0. The van der Waals surface area contributed by atoms with Gasteiger partial charge in [-0.15, -0.1) is 5.10 Å². The van der Waals surface area contributed by atoms with E-state index in [1.165, 1.54) is 0 Å². The average molecular weight is 455 g/mol. The van der Waals surface area contributed by atoms with Crippen molar-refractivity contribution in [3.8, 4) is 11.3 Å². The monoisotopic (exact) mass is 455 g/mol. The van der Waals surface area contributed by atoms with E-state index in [-0.39, 0.29) is 18.5 Å². The molecule has 2 aliphatic rings. The second-order valence-electron chi connectivity index (χ2n) is 8.41. The number of nitrogens with one attached hydrogen (secondary N) is 2. The lowest BCUT2D eigenvalue weighted by atomic mass is 9.98. The van der Waals surface area contributed by atoms with Crippen LogP contribution in [0, 0.1) is 0 Å². The third kappa shape index (κ3) is 3.45. The van der Waals surface area contributed by atoms with E-state index in [4.69, 9.17) is 4.74 Å². The molecule has 172 valence electrons. The minimum absolute atomic E-state index is 0.0917. The molecule has 4 aromatic heterocycles. The fraction of sp³-hybridized carbons (Fsp3) is 0.429. The summed E-state index contributed by atoms with van der Waals surface area (Å²) >= 11 is 0. The Morgan fingerprint density at radius 1 is 1.12 bits per heavy atom. The van der Waals surface area contributed by atoms with Crippen LogP contribution in [0.25, 0.3) is 22.4 Å². The molecule has 12 heteroatoms. The van der Waals surface area contributed by atoms with E-state index < -0.39 is 12.0 Å². The van der Waals surface area contributed by atoms with Crippen LogP contribution in [0.4, 0.5) is 20.5 Å². The third-order valence-electron chi connectivity index (χ3n) is 6.35. The van der Waals surface area contributed by atoms with Gasteiger partial charge in [0.05, 0.1) is 43.7 Å². The molecule has 0 bridgehead atoms. The Morgan fingerprint density at radius 2 is 1.97 bits per heavy atom. The lowest BCUT2D eigenvalue weighted by Crippen LogP contribution is -2.61. The van der Waals surface area contributed by atoms with Crippen molar-refractivity contribution in [2.75, 3.05) is 44.0 Å². The van der Waals surface area contributed by atoms with Gasteiger partial charge in [-0.3, -0.25) is 4.90 Å². The number of hydrogen-bond donors (Lipinski definition) is 2. The average Bonchev–Trinajstić information content (AvgIpc) is 3.39. The fourth-order valence-corrected chi connectivity index (χ4v) is 4.47. The van der Waals surface area contributed by atoms with Crippen LogP contribution in [0.5, 0.6) is 0 Å². The van der Waals surface area contributed by atoms with E-state index in [0.717, 1.165) is 16.9 Å². The standard InChI is InChI=1S/C21H23F2N9O/c1-24-19-18-14(15-4-9-31-17(26-15)2-6-25-31)3-8-32(18)29-20(28-19)27-16-5-7-30(12-21(16,22)23)13-10-33-11-13/h2-4,6,8-9,13,16H,5,7,10-12H2,1H3,(H2,24,27,28,29)/t16-/m1/s1. The van der Waals surface area contributed by atoms with Gasteiger partial charge in [-0.1, -0.05) is 0 Å². The summed E-state index contributed by atoms with van der Waals surface area (Å²) < 4.78 is 38.3. The van der Waals surface area contributed by atoms with Gasteiger partial charge < -0.3 is 15.4 Å². The molecule has 6 heterocycles. The summed E-state index contributed by atoms with van der Waals surface area (Å²) in [6, 6.07) is 4.62. The first-order valence-corrected chi connectivity index (χ1v) is 10.9. The molecule has 2 fully saturated rings. The maximum Gasteiger partial charge on any atom is 0.280 e. The maximum atomic E-state index is 14.9. The van der Waals surface area contributed by atoms with Crippen LogP contribution in [0.15, 0.2) is 36.8 Å². The van der Waals surface area contributed by atoms with Crippen molar-refractivity contribution in [2.45, 2.75) is 24.4 Å². The minimum atomic E-state index is -2.90. The van der Waals surface area contributed by atoms with Gasteiger partial charge in [0.2, 0.25) is 5.95 Å². The van der Waals surface area contributed by atoms with Gasteiger partial charge in [0.1, 0.15) is 5.52 Å². The number of hydrogen-bond acceptors (Lipinski definition) is 8. The second-order valence-corrected chi connectivity index (χ2v) is 8.41. The SMILES string of the molecule is CNc1nc(N[C@@H]2CCN(C3COC3)CC2(F)F)nn2ccc(-c3ccn4nccc4n3)c12. The van der Waals surface area contributed by atoms with Crippen molar-refractivity contribution in [3.05, 3.63) is 36.8 Å². The molecule has 0 radical (unpaired) electrons. The Balaban J connectivity index is 1.30. The number of anilines is 2. The highest BCUT2D eigenvalue weighted by molar-refractivity contribution is 5.87. The van der Waals surface area contributed by atoms with Crippen LogP contribution in [0.3, 0.4) is 0 Å². The van der Waals surface area contributed by atoms with Gasteiger partial charge in [0.25, 0.3) is 5.92 Å². The second kappa shape index (κ2) is 7.59. The molecule has 4 aromatic rings. The van der Waals surface area contributed by atoms with Crippen LogP contribution in [0.2, 0.25) is 0 Å². The molecule has 10 nitrogen and oxygen atoms in total. The Hall–Kier alpha value is -3.38. The first-order valence-electron chi connectivity index (χ1n) is 10.9. The van der Waals surface area contributed by atoms with Crippen molar-refractivity contribution >= 4 is 22.9 Å². The third-order valence-corrected chi connectivity index (χ3v) is 6.35. The highest BCUT2D eigenvalue weighted by Crippen LogP contribution is 2.33. The van der Waals surface area contributed by atoms with Gasteiger partial charge >= 0.3 is 0 Å². The highest BCUT2D eigenvalue weighted by Gasteiger charge is 2.47. The summed E-state index contributed by atoms with van der Waals surface area (Å²) in [7, 11) is 1.74. The van der Waals surface area contributed by atoms with Crippen LogP contribution < -0.4 is 10.6 Å². The van der Waals surface area contributed by atoms with Gasteiger partial charge in [0.15, 0.2) is 11.5 Å². The van der Waals surface area contributed by atoms with Crippen molar-refractivity contribution in [3.63, 3.8) is 0 Å². The number of alkyl halides is 2. The summed E-state index contributed by atoms with van der Waals surface area (Å²) in [5.41, 5.74) is 3.01. The Kier molecular flexibility index (Phi) is 4.66. The first kappa shape index (κ1) is 20.2. The van der Waals surface area contributed by atoms with E-state index in [9.17, 15) is 8.78 Å². The maximum absolute atomic E-state index is 14.9. The summed E-state index contributed by atoms with van der Waals surface area (Å²) in [5.74, 6) is -2.23. The molecule has 33 heavy (non-hydrogen) atoms. The molecular weight excluding hydrogens is 432 g/mol. The molecule has 0 amide bonds. The van der Waals surface area contributed by atoms with Gasteiger partial charge in [-0.2, -0.15) is 10.1 Å². The van der Waals surface area contributed by atoms with E-state index in [1.54, 1.807) is 28.5 Å². The minimum Gasteiger partial charge on any atom is -0.378 e. The molecule has 2 saturated heterocycles. The van der Waals surface area contributed by atoms with Crippen LogP contribution in [-0.2, 0) is 4.74 Å². The Bertz CT molecular complexity index is 1320. The number of nitrogens with zero attached hydrogens (tertiary/aromatic N) is 7. The smallest absolute Gasteiger partial charge is 0.280 e. The van der Waals surface area contributed by atoms with E-state index in [0.29, 0.717) is 37.5 Å².